The minimum atomic E-state index is -0.590. The molecule has 0 unspecified atom stereocenters. The van der Waals surface area contributed by atoms with Gasteiger partial charge in [-0.1, -0.05) is 6.07 Å². The molecule has 2 aliphatic heterocycles. The SMILES string of the molecule is O=C(NCc1cccnc1)C(=O)N1CCC2(CC1)OCCO2. The lowest BCUT2D eigenvalue weighted by Crippen LogP contribution is -2.51. The number of aromatic nitrogens is 1. The highest BCUT2D eigenvalue weighted by Gasteiger charge is 2.41. The molecule has 0 aliphatic carbocycles. The van der Waals surface area contributed by atoms with Gasteiger partial charge in [0, 0.05) is 44.9 Å². The fraction of sp³-hybridized carbons (Fsp3) is 0.533. The minimum Gasteiger partial charge on any atom is -0.347 e. The molecule has 1 N–H and O–H groups in total. The summed E-state index contributed by atoms with van der Waals surface area (Å²) < 4.78 is 11.2. The number of amides is 2. The zero-order valence-corrected chi connectivity index (χ0v) is 12.3. The summed E-state index contributed by atoms with van der Waals surface area (Å²) in [6, 6.07) is 3.63. The molecule has 2 amide bonds. The maximum Gasteiger partial charge on any atom is 0.311 e. The zero-order chi connectivity index (χ0) is 15.4. The zero-order valence-electron chi connectivity index (χ0n) is 12.3. The van der Waals surface area contributed by atoms with Gasteiger partial charge in [0.1, 0.15) is 0 Å². The monoisotopic (exact) mass is 305 g/mol. The van der Waals surface area contributed by atoms with Gasteiger partial charge in [-0.15, -0.1) is 0 Å². The highest BCUT2D eigenvalue weighted by atomic mass is 16.7. The molecule has 3 rings (SSSR count). The van der Waals surface area contributed by atoms with E-state index in [1.807, 2.05) is 6.07 Å². The van der Waals surface area contributed by atoms with Crippen LogP contribution in [-0.2, 0) is 25.6 Å². The number of carbonyl (C=O) groups is 2. The van der Waals surface area contributed by atoms with Crippen LogP contribution in [0.15, 0.2) is 24.5 Å². The van der Waals surface area contributed by atoms with E-state index >= 15 is 0 Å². The summed E-state index contributed by atoms with van der Waals surface area (Å²) >= 11 is 0. The summed E-state index contributed by atoms with van der Waals surface area (Å²) in [5, 5.41) is 2.62. The van der Waals surface area contributed by atoms with Crippen molar-refractivity contribution in [1.82, 2.24) is 15.2 Å². The third-order valence-electron chi connectivity index (χ3n) is 4.00. The van der Waals surface area contributed by atoms with Crippen LogP contribution in [0.4, 0.5) is 0 Å². The fourth-order valence-corrected chi connectivity index (χ4v) is 2.74. The van der Waals surface area contributed by atoms with Crippen molar-refractivity contribution in [2.45, 2.75) is 25.2 Å². The first-order chi connectivity index (χ1) is 10.7. The van der Waals surface area contributed by atoms with E-state index < -0.39 is 17.6 Å². The summed E-state index contributed by atoms with van der Waals surface area (Å²) in [4.78, 5) is 29.6. The van der Waals surface area contributed by atoms with Crippen molar-refractivity contribution in [3.8, 4) is 0 Å². The van der Waals surface area contributed by atoms with Crippen LogP contribution in [0.25, 0.3) is 0 Å². The number of piperidine rings is 1. The molecule has 22 heavy (non-hydrogen) atoms. The molecular weight excluding hydrogens is 286 g/mol. The summed E-state index contributed by atoms with van der Waals surface area (Å²) in [5.41, 5.74) is 0.856. The molecular formula is C15H19N3O4. The Hall–Kier alpha value is -1.99. The van der Waals surface area contributed by atoms with Gasteiger partial charge in [0.05, 0.1) is 13.2 Å². The number of carbonyl (C=O) groups excluding carboxylic acids is 2. The molecule has 7 heteroatoms. The van der Waals surface area contributed by atoms with E-state index in [0.717, 1.165) is 5.56 Å². The van der Waals surface area contributed by atoms with Gasteiger partial charge < -0.3 is 19.7 Å². The van der Waals surface area contributed by atoms with Crippen molar-refractivity contribution in [2.75, 3.05) is 26.3 Å². The Labute approximate surface area is 128 Å². The van der Waals surface area contributed by atoms with Crippen LogP contribution in [0.1, 0.15) is 18.4 Å². The Bertz CT molecular complexity index is 533. The fourth-order valence-electron chi connectivity index (χ4n) is 2.74. The van der Waals surface area contributed by atoms with Crippen molar-refractivity contribution in [3.63, 3.8) is 0 Å². The molecule has 7 nitrogen and oxygen atoms in total. The lowest BCUT2D eigenvalue weighted by molar-refractivity contribution is -0.188. The number of likely N-dealkylation sites (tertiary alicyclic amines) is 1. The second-order valence-corrected chi connectivity index (χ2v) is 5.44. The lowest BCUT2D eigenvalue weighted by Gasteiger charge is -2.37. The van der Waals surface area contributed by atoms with Crippen LogP contribution < -0.4 is 5.32 Å². The Morgan fingerprint density at radius 3 is 2.64 bits per heavy atom. The number of hydrogen-bond acceptors (Lipinski definition) is 5. The summed E-state index contributed by atoms with van der Waals surface area (Å²) in [6.45, 7) is 2.43. The van der Waals surface area contributed by atoms with E-state index in [9.17, 15) is 9.59 Å². The predicted octanol–water partition coefficient (Wildman–Crippen LogP) is 0.0633. The first-order valence-electron chi connectivity index (χ1n) is 7.42. The third-order valence-corrected chi connectivity index (χ3v) is 4.00. The van der Waals surface area contributed by atoms with Crippen LogP contribution in [0.2, 0.25) is 0 Å². The molecule has 3 heterocycles. The highest BCUT2D eigenvalue weighted by molar-refractivity contribution is 6.34. The van der Waals surface area contributed by atoms with Gasteiger partial charge in [-0.25, -0.2) is 0 Å². The van der Waals surface area contributed by atoms with E-state index in [2.05, 4.69) is 10.3 Å². The van der Waals surface area contributed by atoms with Crippen LogP contribution in [-0.4, -0.2) is 53.8 Å². The molecule has 2 fully saturated rings. The molecule has 1 spiro atoms. The van der Waals surface area contributed by atoms with Gasteiger partial charge in [0.25, 0.3) is 0 Å². The quantitative estimate of drug-likeness (QED) is 0.782. The maximum absolute atomic E-state index is 12.1. The topological polar surface area (TPSA) is 80.8 Å². The lowest BCUT2D eigenvalue weighted by atomic mass is 10.0. The number of ether oxygens (including phenoxy) is 2. The van der Waals surface area contributed by atoms with Crippen molar-refractivity contribution < 1.29 is 19.1 Å². The van der Waals surface area contributed by atoms with Gasteiger partial charge >= 0.3 is 11.8 Å². The van der Waals surface area contributed by atoms with Gasteiger partial charge in [-0.3, -0.25) is 14.6 Å². The van der Waals surface area contributed by atoms with Crippen LogP contribution >= 0.6 is 0 Å². The molecule has 0 bridgehead atoms. The Morgan fingerprint density at radius 2 is 2.00 bits per heavy atom. The van der Waals surface area contributed by atoms with Gasteiger partial charge in [0.15, 0.2) is 5.79 Å². The van der Waals surface area contributed by atoms with Gasteiger partial charge in [-0.2, -0.15) is 0 Å². The van der Waals surface area contributed by atoms with Crippen molar-refractivity contribution in [1.29, 1.82) is 0 Å². The minimum absolute atomic E-state index is 0.294. The number of nitrogens with zero attached hydrogens (tertiary/aromatic N) is 2. The van der Waals surface area contributed by atoms with Crippen LogP contribution in [0.5, 0.6) is 0 Å². The second kappa shape index (κ2) is 6.41. The summed E-state index contributed by atoms with van der Waals surface area (Å²) in [5.74, 6) is -1.63. The normalized spacial score (nSPS) is 20.1. The number of hydrogen-bond donors (Lipinski definition) is 1. The first kappa shape index (κ1) is 14.9. The van der Waals surface area contributed by atoms with Crippen LogP contribution in [0.3, 0.4) is 0 Å². The summed E-state index contributed by atoms with van der Waals surface area (Å²) in [6.07, 6.45) is 4.53. The number of pyridine rings is 1. The van der Waals surface area contributed by atoms with Crippen molar-refractivity contribution >= 4 is 11.8 Å². The largest absolute Gasteiger partial charge is 0.347 e. The predicted molar refractivity (Wildman–Crippen MR) is 76.5 cm³/mol. The van der Waals surface area contributed by atoms with E-state index in [1.54, 1.807) is 23.4 Å². The molecule has 0 atom stereocenters. The average Bonchev–Trinajstić information content (AvgIpc) is 3.02. The number of nitrogens with one attached hydrogen (secondary N) is 1. The van der Waals surface area contributed by atoms with E-state index in [4.69, 9.17) is 9.47 Å². The molecule has 1 aromatic heterocycles. The molecule has 2 saturated heterocycles. The standard InChI is InChI=1S/C15H19N3O4/c19-13(17-11-12-2-1-5-16-10-12)14(20)18-6-3-15(4-7-18)21-8-9-22-15/h1-2,5,10H,3-4,6-9,11H2,(H,17,19). The molecule has 0 radical (unpaired) electrons. The van der Waals surface area contributed by atoms with Crippen LogP contribution in [0, 0.1) is 0 Å². The molecule has 2 aliphatic rings. The van der Waals surface area contributed by atoms with E-state index in [0.29, 0.717) is 45.7 Å². The molecule has 1 aromatic rings. The summed E-state index contributed by atoms with van der Waals surface area (Å²) in [7, 11) is 0. The average molecular weight is 305 g/mol. The first-order valence-corrected chi connectivity index (χ1v) is 7.42. The van der Waals surface area contributed by atoms with E-state index in [1.165, 1.54) is 0 Å². The van der Waals surface area contributed by atoms with Crippen molar-refractivity contribution in [3.05, 3.63) is 30.1 Å². The maximum atomic E-state index is 12.1. The Kier molecular flexibility index (Phi) is 4.35. The Morgan fingerprint density at radius 1 is 1.27 bits per heavy atom. The van der Waals surface area contributed by atoms with Gasteiger partial charge in [-0.05, 0) is 11.6 Å². The molecule has 118 valence electrons. The number of rotatable bonds is 2. The Balaban J connectivity index is 1.48. The molecule has 0 saturated carbocycles. The second-order valence-electron chi connectivity index (χ2n) is 5.44. The van der Waals surface area contributed by atoms with E-state index in [-0.39, 0.29) is 0 Å². The third kappa shape index (κ3) is 3.26. The molecule has 0 aromatic carbocycles. The van der Waals surface area contributed by atoms with Gasteiger partial charge in [0.2, 0.25) is 0 Å². The highest BCUT2D eigenvalue weighted by Crippen LogP contribution is 2.31. The van der Waals surface area contributed by atoms with Crippen molar-refractivity contribution in [2.24, 2.45) is 0 Å². The smallest absolute Gasteiger partial charge is 0.311 e.